The second-order valence-electron chi connectivity index (χ2n) is 6.28. The van der Waals surface area contributed by atoms with Crippen LogP contribution in [0.2, 0.25) is 0 Å². The average molecular weight is 338 g/mol. The van der Waals surface area contributed by atoms with Gasteiger partial charge >= 0.3 is 0 Å². The third-order valence-electron chi connectivity index (χ3n) is 4.93. The lowest BCUT2D eigenvalue weighted by Crippen LogP contribution is -2.33. The van der Waals surface area contributed by atoms with Gasteiger partial charge in [-0.1, -0.05) is 22.4 Å². The third-order valence-corrected chi connectivity index (χ3v) is 5.42. The Kier molecular flexibility index (Phi) is 3.76. The summed E-state index contributed by atoms with van der Waals surface area (Å²) in [6, 6.07) is 4.99. The molecule has 1 aromatic carbocycles. The van der Waals surface area contributed by atoms with E-state index in [1.54, 1.807) is 23.1 Å². The number of hydrogen-bond donors (Lipinski definition) is 1. The van der Waals surface area contributed by atoms with Crippen molar-refractivity contribution in [3.63, 3.8) is 0 Å². The molecule has 1 aromatic rings. The van der Waals surface area contributed by atoms with Crippen LogP contribution in [-0.4, -0.2) is 29.5 Å². The quantitative estimate of drug-likeness (QED) is 0.914. The zero-order valence-corrected chi connectivity index (χ0v) is 13.3. The molecule has 2 fully saturated rings. The summed E-state index contributed by atoms with van der Waals surface area (Å²) in [5.41, 5.74) is 0.380. The number of rotatable bonds is 3. The Balaban J connectivity index is 1.69. The van der Waals surface area contributed by atoms with E-state index < -0.39 is 0 Å². The molecule has 108 valence electrons. The SMILES string of the molecule is CN(CC1CC2CCC1C2)C(=O)c1cc(Br)ccc1O. The van der Waals surface area contributed by atoms with Crippen molar-refractivity contribution >= 4 is 21.8 Å². The summed E-state index contributed by atoms with van der Waals surface area (Å²) in [5, 5.41) is 9.85. The molecular formula is C16H20BrNO2. The number of amides is 1. The van der Waals surface area contributed by atoms with Crippen molar-refractivity contribution in [1.29, 1.82) is 0 Å². The highest BCUT2D eigenvalue weighted by molar-refractivity contribution is 9.10. The molecule has 2 saturated carbocycles. The second kappa shape index (κ2) is 5.40. The van der Waals surface area contributed by atoms with Crippen LogP contribution in [0.3, 0.4) is 0 Å². The Morgan fingerprint density at radius 3 is 2.85 bits per heavy atom. The number of hydrogen-bond acceptors (Lipinski definition) is 2. The number of aromatic hydroxyl groups is 1. The van der Waals surface area contributed by atoms with Crippen LogP contribution in [0.25, 0.3) is 0 Å². The highest BCUT2D eigenvalue weighted by atomic mass is 79.9. The van der Waals surface area contributed by atoms with Gasteiger partial charge in [-0.25, -0.2) is 0 Å². The lowest BCUT2D eigenvalue weighted by molar-refractivity contribution is 0.0751. The first-order valence-electron chi connectivity index (χ1n) is 7.28. The van der Waals surface area contributed by atoms with Crippen molar-refractivity contribution in [3.8, 4) is 5.75 Å². The molecule has 0 spiro atoms. The molecule has 1 N–H and O–H groups in total. The number of benzene rings is 1. The van der Waals surface area contributed by atoms with Crippen LogP contribution in [0, 0.1) is 17.8 Å². The molecule has 20 heavy (non-hydrogen) atoms. The second-order valence-corrected chi connectivity index (χ2v) is 7.20. The van der Waals surface area contributed by atoms with E-state index in [1.165, 1.54) is 25.7 Å². The molecule has 3 atom stereocenters. The predicted octanol–water partition coefficient (Wildman–Crippen LogP) is 3.66. The van der Waals surface area contributed by atoms with Gasteiger partial charge in [-0.2, -0.15) is 0 Å². The summed E-state index contributed by atoms with van der Waals surface area (Å²) < 4.78 is 0.812. The Labute approximate surface area is 128 Å². The lowest BCUT2D eigenvalue weighted by atomic mass is 9.88. The van der Waals surface area contributed by atoms with Gasteiger partial charge in [-0.15, -0.1) is 0 Å². The van der Waals surface area contributed by atoms with E-state index >= 15 is 0 Å². The monoisotopic (exact) mass is 337 g/mol. The molecule has 1 amide bonds. The average Bonchev–Trinajstić information content (AvgIpc) is 3.03. The smallest absolute Gasteiger partial charge is 0.257 e. The largest absolute Gasteiger partial charge is 0.507 e. The van der Waals surface area contributed by atoms with Gasteiger partial charge in [0.05, 0.1) is 5.56 Å². The summed E-state index contributed by atoms with van der Waals surface area (Å²) >= 11 is 3.35. The fourth-order valence-electron chi connectivity index (χ4n) is 3.92. The maximum atomic E-state index is 12.5. The Hall–Kier alpha value is -1.03. The summed E-state index contributed by atoms with van der Waals surface area (Å²) in [4.78, 5) is 14.2. The van der Waals surface area contributed by atoms with Gasteiger partial charge in [0, 0.05) is 18.1 Å². The van der Waals surface area contributed by atoms with Crippen LogP contribution < -0.4 is 0 Å². The van der Waals surface area contributed by atoms with Crippen molar-refractivity contribution in [1.82, 2.24) is 4.90 Å². The summed E-state index contributed by atoms with van der Waals surface area (Å²) in [6.45, 7) is 0.811. The zero-order valence-electron chi connectivity index (χ0n) is 11.7. The number of halogens is 1. The molecule has 2 aliphatic rings. The summed E-state index contributed by atoms with van der Waals surface area (Å²) in [6.07, 6.45) is 5.34. The fourth-order valence-corrected chi connectivity index (χ4v) is 4.28. The maximum Gasteiger partial charge on any atom is 0.257 e. The molecule has 2 bridgehead atoms. The van der Waals surface area contributed by atoms with Gasteiger partial charge in [0.2, 0.25) is 0 Å². The number of carbonyl (C=O) groups excluding carboxylic acids is 1. The predicted molar refractivity (Wildman–Crippen MR) is 81.7 cm³/mol. The first kappa shape index (κ1) is 13.9. The van der Waals surface area contributed by atoms with Crippen molar-refractivity contribution in [2.75, 3.05) is 13.6 Å². The molecule has 4 heteroatoms. The summed E-state index contributed by atoms with van der Waals surface area (Å²) in [5.74, 6) is 2.32. The van der Waals surface area contributed by atoms with Crippen LogP contribution in [0.15, 0.2) is 22.7 Å². The summed E-state index contributed by atoms with van der Waals surface area (Å²) in [7, 11) is 1.84. The Bertz CT molecular complexity index is 531. The number of fused-ring (bicyclic) bond motifs is 2. The van der Waals surface area contributed by atoms with E-state index in [-0.39, 0.29) is 11.7 Å². The van der Waals surface area contributed by atoms with Gasteiger partial charge < -0.3 is 10.0 Å². The molecule has 0 aromatic heterocycles. The lowest BCUT2D eigenvalue weighted by Gasteiger charge is -2.27. The third kappa shape index (κ3) is 2.58. The standard InChI is InChI=1S/C16H20BrNO2/c1-18(9-12-7-10-2-3-11(12)6-10)16(20)14-8-13(17)4-5-15(14)19/h4-5,8,10-12,19H,2-3,6-7,9H2,1H3. The van der Waals surface area contributed by atoms with Gasteiger partial charge in [-0.3, -0.25) is 4.79 Å². The van der Waals surface area contributed by atoms with Crippen LogP contribution in [0.5, 0.6) is 5.75 Å². The van der Waals surface area contributed by atoms with E-state index in [1.807, 2.05) is 7.05 Å². The fraction of sp³-hybridized carbons (Fsp3) is 0.562. The minimum absolute atomic E-state index is 0.0537. The first-order valence-corrected chi connectivity index (χ1v) is 8.08. The number of phenols is 1. The van der Waals surface area contributed by atoms with Crippen molar-refractivity contribution in [2.45, 2.75) is 25.7 Å². The van der Waals surface area contributed by atoms with Crippen LogP contribution >= 0.6 is 15.9 Å². The number of nitrogens with zero attached hydrogens (tertiary/aromatic N) is 1. The molecule has 0 radical (unpaired) electrons. The van der Waals surface area contributed by atoms with Gasteiger partial charge in [0.15, 0.2) is 0 Å². The highest BCUT2D eigenvalue weighted by Crippen LogP contribution is 2.48. The Morgan fingerprint density at radius 1 is 1.40 bits per heavy atom. The number of carbonyl (C=O) groups is 1. The van der Waals surface area contributed by atoms with E-state index in [4.69, 9.17) is 0 Å². The van der Waals surface area contributed by atoms with Crippen LogP contribution in [-0.2, 0) is 0 Å². The maximum absolute atomic E-state index is 12.5. The molecule has 3 unspecified atom stereocenters. The van der Waals surface area contributed by atoms with Gasteiger partial charge in [0.25, 0.3) is 5.91 Å². The van der Waals surface area contributed by atoms with Crippen molar-refractivity contribution in [3.05, 3.63) is 28.2 Å². The molecular weight excluding hydrogens is 318 g/mol. The van der Waals surface area contributed by atoms with Crippen LogP contribution in [0.1, 0.15) is 36.0 Å². The molecule has 3 nitrogen and oxygen atoms in total. The molecule has 0 heterocycles. The first-order chi connectivity index (χ1) is 9.54. The molecule has 0 aliphatic heterocycles. The van der Waals surface area contributed by atoms with E-state index in [0.717, 1.165) is 22.9 Å². The van der Waals surface area contributed by atoms with E-state index in [2.05, 4.69) is 15.9 Å². The molecule has 3 rings (SSSR count). The molecule has 2 aliphatic carbocycles. The normalized spacial score (nSPS) is 27.8. The van der Waals surface area contributed by atoms with Crippen LogP contribution in [0.4, 0.5) is 0 Å². The van der Waals surface area contributed by atoms with E-state index in [9.17, 15) is 9.90 Å². The van der Waals surface area contributed by atoms with E-state index in [0.29, 0.717) is 11.5 Å². The van der Waals surface area contributed by atoms with Crippen molar-refractivity contribution in [2.24, 2.45) is 17.8 Å². The molecule has 0 saturated heterocycles. The number of phenolic OH excluding ortho intramolecular Hbond substituents is 1. The topological polar surface area (TPSA) is 40.5 Å². The Morgan fingerprint density at radius 2 is 2.20 bits per heavy atom. The minimum Gasteiger partial charge on any atom is -0.507 e. The zero-order chi connectivity index (χ0) is 14.3. The van der Waals surface area contributed by atoms with Gasteiger partial charge in [0.1, 0.15) is 5.75 Å². The highest BCUT2D eigenvalue weighted by Gasteiger charge is 2.40. The van der Waals surface area contributed by atoms with Gasteiger partial charge in [-0.05, 0) is 55.2 Å². The van der Waals surface area contributed by atoms with Crippen molar-refractivity contribution < 1.29 is 9.90 Å². The minimum atomic E-state index is -0.0911.